The lowest BCUT2D eigenvalue weighted by Crippen LogP contribution is -2.46. The Morgan fingerprint density at radius 2 is 1.77 bits per heavy atom. The number of carbonyl (C=O) groups excluding carboxylic acids is 3. The fraction of sp³-hybridized carbons (Fsp3) is 0.550. The molecule has 1 atom stereocenters. The molecular formula is C20H27N3O3. The Morgan fingerprint density at radius 3 is 2.38 bits per heavy atom. The van der Waals surface area contributed by atoms with Crippen LogP contribution < -0.4 is 5.32 Å². The third-order valence-corrected chi connectivity index (χ3v) is 5.24. The Hall–Kier alpha value is -2.37. The maximum Gasteiger partial charge on any atom is 0.227 e. The lowest BCUT2D eigenvalue weighted by molar-refractivity contribution is -0.136. The van der Waals surface area contributed by atoms with Crippen LogP contribution in [0.2, 0.25) is 0 Å². The largest absolute Gasteiger partial charge is 0.355 e. The summed E-state index contributed by atoms with van der Waals surface area (Å²) < 4.78 is 0. The molecule has 2 heterocycles. The number of amides is 3. The van der Waals surface area contributed by atoms with Crippen molar-refractivity contribution >= 4 is 17.7 Å². The van der Waals surface area contributed by atoms with Crippen LogP contribution in [0.1, 0.15) is 25.8 Å². The molecule has 3 amide bonds. The van der Waals surface area contributed by atoms with Crippen LogP contribution in [0, 0.1) is 11.3 Å². The van der Waals surface area contributed by atoms with Gasteiger partial charge in [0.05, 0.1) is 6.42 Å². The van der Waals surface area contributed by atoms with Crippen molar-refractivity contribution in [2.24, 2.45) is 11.3 Å². The molecule has 6 heteroatoms. The van der Waals surface area contributed by atoms with Crippen molar-refractivity contribution in [3.63, 3.8) is 0 Å². The Kier molecular flexibility index (Phi) is 5.30. The molecule has 0 bridgehead atoms. The molecule has 140 valence electrons. The fourth-order valence-corrected chi connectivity index (χ4v) is 3.88. The van der Waals surface area contributed by atoms with E-state index in [9.17, 15) is 14.4 Å². The highest BCUT2D eigenvalue weighted by Crippen LogP contribution is 2.31. The van der Waals surface area contributed by atoms with Gasteiger partial charge in [-0.2, -0.15) is 0 Å². The Labute approximate surface area is 154 Å². The van der Waals surface area contributed by atoms with Crippen LogP contribution in [0.15, 0.2) is 30.3 Å². The van der Waals surface area contributed by atoms with Crippen molar-refractivity contribution in [2.75, 3.05) is 32.7 Å². The second kappa shape index (κ2) is 7.48. The van der Waals surface area contributed by atoms with Crippen LogP contribution in [0.4, 0.5) is 0 Å². The van der Waals surface area contributed by atoms with E-state index in [4.69, 9.17) is 0 Å². The minimum atomic E-state index is -0.384. The summed E-state index contributed by atoms with van der Waals surface area (Å²) >= 11 is 0. The molecule has 1 unspecified atom stereocenters. The first-order valence-corrected chi connectivity index (χ1v) is 9.26. The highest BCUT2D eigenvalue weighted by molar-refractivity contribution is 5.82. The number of nitrogens with one attached hydrogen (secondary N) is 1. The lowest BCUT2D eigenvalue weighted by atomic mass is 9.85. The van der Waals surface area contributed by atoms with Crippen molar-refractivity contribution in [1.29, 1.82) is 0 Å². The second-order valence-electron chi connectivity index (χ2n) is 7.85. The average molecular weight is 357 g/mol. The summed E-state index contributed by atoms with van der Waals surface area (Å²) in [6, 6.07) is 9.67. The van der Waals surface area contributed by atoms with Crippen molar-refractivity contribution in [1.82, 2.24) is 15.1 Å². The Morgan fingerprint density at radius 1 is 1.12 bits per heavy atom. The standard InChI is InChI=1S/C20H27N3O3/c1-15(2)19(26)23-9-8-22(13-20(14-23)11-17(24)21-12-20)18(25)10-16-6-4-3-5-7-16/h3-7,15H,8-14H2,1-2H3,(H,21,24). The van der Waals surface area contributed by atoms with E-state index in [0.29, 0.717) is 45.6 Å². The van der Waals surface area contributed by atoms with Crippen molar-refractivity contribution < 1.29 is 14.4 Å². The third kappa shape index (κ3) is 4.06. The summed E-state index contributed by atoms with van der Waals surface area (Å²) in [4.78, 5) is 41.0. The fourth-order valence-electron chi connectivity index (χ4n) is 3.88. The van der Waals surface area contributed by atoms with E-state index in [1.54, 1.807) is 0 Å². The van der Waals surface area contributed by atoms with Gasteiger partial charge in [-0.3, -0.25) is 14.4 Å². The van der Waals surface area contributed by atoms with Gasteiger partial charge in [-0.1, -0.05) is 44.2 Å². The van der Waals surface area contributed by atoms with Gasteiger partial charge in [0.2, 0.25) is 17.7 Å². The van der Waals surface area contributed by atoms with E-state index in [-0.39, 0.29) is 29.1 Å². The van der Waals surface area contributed by atoms with Crippen molar-refractivity contribution in [2.45, 2.75) is 26.7 Å². The molecule has 0 aromatic heterocycles. The van der Waals surface area contributed by atoms with Crippen LogP contribution in [-0.4, -0.2) is 60.2 Å². The summed E-state index contributed by atoms with van der Waals surface area (Å²) in [6.45, 7) is 6.36. The predicted octanol–water partition coefficient (Wildman–Crippen LogP) is 1.06. The van der Waals surface area contributed by atoms with E-state index < -0.39 is 0 Å². The van der Waals surface area contributed by atoms with Crippen molar-refractivity contribution in [3.8, 4) is 0 Å². The molecule has 0 aliphatic carbocycles. The van der Waals surface area contributed by atoms with E-state index in [1.807, 2.05) is 54.0 Å². The highest BCUT2D eigenvalue weighted by Gasteiger charge is 2.44. The van der Waals surface area contributed by atoms with Gasteiger partial charge in [0.1, 0.15) is 0 Å². The van der Waals surface area contributed by atoms with Crippen LogP contribution >= 0.6 is 0 Å². The van der Waals surface area contributed by atoms with Gasteiger partial charge in [0.25, 0.3) is 0 Å². The summed E-state index contributed by atoms with van der Waals surface area (Å²) in [6.07, 6.45) is 0.709. The first-order valence-electron chi connectivity index (χ1n) is 9.26. The topological polar surface area (TPSA) is 69.7 Å². The number of carbonyl (C=O) groups is 3. The van der Waals surface area contributed by atoms with E-state index in [0.717, 1.165) is 5.56 Å². The van der Waals surface area contributed by atoms with Crippen LogP contribution in [0.5, 0.6) is 0 Å². The number of hydrogen-bond donors (Lipinski definition) is 1. The van der Waals surface area contributed by atoms with Gasteiger partial charge in [-0.25, -0.2) is 0 Å². The monoisotopic (exact) mass is 357 g/mol. The van der Waals surface area contributed by atoms with Crippen LogP contribution in [-0.2, 0) is 20.8 Å². The van der Waals surface area contributed by atoms with E-state index in [2.05, 4.69) is 5.32 Å². The zero-order valence-electron chi connectivity index (χ0n) is 15.5. The van der Waals surface area contributed by atoms with Gasteiger partial charge >= 0.3 is 0 Å². The average Bonchev–Trinajstić information content (AvgIpc) is 2.86. The van der Waals surface area contributed by atoms with Gasteiger partial charge in [-0.15, -0.1) is 0 Å². The smallest absolute Gasteiger partial charge is 0.227 e. The first kappa shape index (κ1) is 18.4. The molecular weight excluding hydrogens is 330 g/mol. The lowest BCUT2D eigenvalue weighted by Gasteiger charge is -2.33. The van der Waals surface area contributed by atoms with Gasteiger partial charge in [0.15, 0.2) is 0 Å². The number of hydrogen-bond acceptors (Lipinski definition) is 3. The first-order chi connectivity index (χ1) is 12.4. The highest BCUT2D eigenvalue weighted by atomic mass is 16.2. The van der Waals surface area contributed by atoms with Crippen molar-refractivity contribution in [3.05, 3.63) is 35.9 Å². The van der Waals surface area contributed by atoms with E-state index >= 15 is 0 Å². The molecule has 1 spiro atoms. The molecule has 26 heavy (non-hydrogen) atoms. The van der Waals surface area contributed by atoms with Crippen LogP contribution in [0.25, 0.3) is 0 Å². The molecule has 0 saturated carbocycles. The molecule has 1 N–H and O–H groups in total. The SMILES string of the molecule is CC(C)C(=O)N1CCN(C(=O)Cc2ccccc2)CC2(CNC(=O)C2)C1. The molecule has 2 aliphatic heterocycles. The summed E-state index contributed by atoms with van der Waals surface area (Å²) in [5, 5.41) is 2.89. The maximum absolute atomic E-state index is 12.9. The van der Waals surface area contributed by atoms with E-state index in [1.165, 1.54) is 0 Å². The zero-order chi connectivity index (χ0) is 18.7. The maximum atomic E-state index is 12.9. The molecule has 2 saturated heterocycles. The summed E-state index contributed by atoms with van der Waals surface area (Å²) in [7, 11) is 0. The minimum Gasteiger partial charge on any atom is -0.355 e. The second-order valence-corrected chi connectivity index (χ2v) is 7.85. The summed E-state index contributed by atoms with van der Waals surface area (Å²) in [5.74, 6) is 0.0397. The van der Waals surface area contributed by atoms with Gasteiger partial charge in [0, 0.05) is 50.5 Å². The summed E-state index contributed by atoms with van der Waals surface area (Å²) in [5.41, 5.74) is 0.594. The molecule has 1 aromatic rings. The number of benzene rings is 1. The zero-order valence-corrected chi connectivity index (χ0v) is 15.5. The third-order valence-electron chi connectivity index (χ3n) is 5.24. The number of nitrogens with zero attached hydrogens (tertiary/aromatic N) is 2. The molecule has 1 aromatic carbocycles. The predicted molar refractivity (Wildman–Crippen MR) is 98.2 cm³/mol. The number of rotatable bonds is 3. The Bertz CT molecular complexity index is 689. The van der Waals surface area contributed by atoms with Gasteiger partial charge < -0.3 is 15.1 Å². The molecule has 2 fully saturated rings. The quantitative estimate of drug-likeness (QED) is 0.879. The van der Waals surface area contributed by atoms with Gasteiger partial charge in [-0.05, 0) is 5.56 Å². The molecule has 0 radical (unpaired) electrons. The van der Waals surface area contributed by atoms with Crippen LogP contribution in [0.3, 0.4) is 0 Å². The Balaban J connectivity index is 1.78. The molecule has 3 rings (SSSR count). The molecule has 6 nitrogen and oxygen atoms in total. The normalized spacial score (nSPS) is 23.3. The minimum absolute atomic E-state index is 0.000644. The molecule has 2 aliphatic rings.